The number of amides is 1. The van der Waals surface area contributed by atoms with E-state index in [0.29, 0.717) is 19.4 Å². The van der Waals surface area contributed by atoms with E-state index in [0.717, 1.165) is 22.7 Å². The molecule has 5 rings (SSSR count). The number of nitrogens with zero attached hydrogens (tertiary/aromatic N) is 3. The van der Waals surface area contributed by atoms with Crippen LogP contribution in [-0.2, 0) is 28.1 Å². The molecule has 190 valence electrons. The molecule has 2 N–H and O–H groups in total. The lowest BCUT2D eigenvalue weighted by atomic mass is 9.82. The Balaban J connectivity index is 1.51. The number of aromatic nitrogens is 3. The molecule has 1 fully saturated rings. The van der Waals surface area contributed by atoms with E-state index >= 15 is 0 Å². The van der Waals surface area contributed by atoms with E-state index in [4.69, 9.17) is 9.47 Å². The van der Waals surface area contributed by atoms with Crippen LogP contribution >= 0.6 is 0 Å². The maximum Gasteiger partial charge on any atom is 0.261 e. The first-order valence-corrected chi connectivity index (χ1v) is 15.6. The second-order valence-electron chi connectivity index (χ2n) is 10.4. The molecule has 0 unspecified atom stereocenters. The Hall–Kier alpha value is -3.01. The molecule has 0 saturated carbocycles. The van der Waals surface area contributed by atoms with Crippen molar-refractivity contribution in [3.63, 3.8) is 0 Å². The standard InChI is InChI=1S/C27H34N4O4Si/c1-18-25(36(3,4)21-11-9-20(34-2)10-12-21)24(13-15-31-17-19(14-16-32)29-30-31)35-27(18)22-7-5-6-8-23(22)28-26(27)33/h5-12,17-18,24-25,32H,13-16H2,1-4H3,(H,28,33)/t18-,24+,25-,27+/m0/s1. The Kier molecular flexibility index (Phi) is 6.48. The lowest BCUT2D eigenvalue weighted by Gasteiger charge is -2.37. The summed E-state index contributed by atoms with van der Waals surface area (Å²) in [6.45, 7) is 7.60. The van der Waals surface area contributed by atoms with Gasteiger partial charge < -0.3 is 19.9 Å². The van der Waals surface area contributed by atoms with Crippen molar-refractivity contribution >= 4 is 24.9 Å². The van der Waals surface area contributed by atoms with Gasteiger partial charge in [0, 0.05) is 42.9 Å². The molecule has 1 aromatic heterocycles. The van der Waals surface area contributed by atoms with Crippen LogP contribution in [0.1, 0.15) is 24.6 Å². The third-order valence-electron chi connectivity index (χ3n) is 8.09. The quantitative estimate of drug-likeness (QED) is 0.456. The van der Waals surface area contributed by atoms with Crippen molar-refractivity contribution in [2.45, 2.75) is 56.7 Å². The monoisotopic (exact) mass is 506 g/mol. The fourth-order valence-corrected chi connectivity index (χ4v) is 10.4. The van der Waals surface area contributed by atoms with Crippen LogP contribution in [0.2, 0.25) is 18.6 Å². The van der Waals surface area contributed by atoms with Crippen molar-refractivity contribution in [3.8, 4) is 5.75 Å². The second-order valence-corrected chi connectivity index (χ2v) is 15.1. The zero-order valence-corrected chi connectivity index (χ0v) is 22.3. The van der Waals surface area contributed by atoms with Crippen LogP contribution in [0.4, 0.5) is 5.69 Å². The number of carbonyl (C=O) groups is 1. The van der Waals surface area contributed by atoms with Crippen LogP contribution < -0.4 is 15.2 Å². The highest BCUT2D eigenvalue weighted by atomic mass is 28.3. The van der Waals surface area contributed by atoms with Crippen molar-refractivity contribution in [2.75, 3.05) is 19.0 Å². The largest absolute Gasteiger partial charge is 0.497 e. The smallest absolute Gasteiger partial charge is 0.261 e. The molecule has 4 atom stereocenters. The Morgan fingerprint density at radius 2 is 1.94 bits per heavy atom. The molecule has 2 aromatic carbocycles. The van der Waals surface area contributed by atoms with Crippen LogP contribution in [0.15, 0.2) is 54.7 Å². The molecule has 1 spiro atoms. The van der Waals surface area contributed by atoms with Gasteiger partial charge >= 0.3 is 0 Å². The third-order valence-corrected chi connectivity index (χ3v) is 12.5. The van der Waals surface area contributed by atoms with Gasteiger partial charge in [-0.3, -0.25) is 9.48 Å². The molecule has 3 aromatic rings. The first-order chi connectivity index (χ1) is 17.3. The molecule has 0 aliphatic carbocycles. The summed E-state index contributed by atoms with van der Waals surface area (Å²) in [6.07, 6.45) is 2.94. The van der Waals surface area contributed by atoms with Crippen LogP contribution in [-0.4, -0.2) is 53.9 Å². The van der Waals surface area contributed by atoms with Crippen LogP contribution in [0.3, 0.4) is 0 Å². The van der Waals surface area contributed by atoms with E-state index in [2.05, 4.69) is 47.8 Å². The molecule has 9 heteroatoms. The number of aliphatic hydroxyl groups excluding tert-OH is 1. The van der Waals surface area contributed by atoms with Crippen LogP contribution in [0, 0.1) is 5.92 Å². The number of anilines is 1. The minimum atomic E-state index is -2.14. The van der Waals surface area contributed by atoms with Gasteiger partial charge in [-0.25, -0.2) is 0 Å². The highest BCUT2D eigenvalue weighted by molar-refractivity contribution is 6.91. The summed E-state index contributed by atoms with van der Waals surface area (Å²) >= 11 is 0. The van der Waals surface area contributed by atoms with Gasteiger partial charge in [0.25, 0.3) is 5.91 Å². The zero-order chi connectivity index (χ0) is 25.5. The van der Waals surface area contributed by atoms with Gasteiger partial charge in [0.2, 0.25) is 0 Å². The number of nitrogens with one attached hydrogen (secondary N) is 1. The molecule has 3 heterocycles. The average Bonchev–Trinajstić information content (AvgIpc) is 3.53. The Bertz CT molecular complexity index is 1240. The van der Waals surface area contributed by atoms with Gasteiger partial charge in [-0.1, -0.05) is 60.7 Å². The zero-order valence-electron chi connectivity index (χ0n) is 21.3. The van der Waals surface area contributed by atoms with Crippen molar-refractivity contribution in [1.29, 1.82) is 0 Å². The predicted octanol–water partition coefficient (Wildman–Crippen LogP) is 3.08. The number of carbonyl (C=O) groups excluding carboxylic acids is 1. The number of para-hydroxylation sites is 1. The molecule has 8 nitrogen and oxygen atoms in total. The SMILES string of the molecule is COc1ccc([Si](C)(C)[C@@H]2[C@@H](CCn3cc(CCO)nn3)O[C@]3(C(=O)Nc4ccccc43)[C@H]2C)cc1. The molecular formula is C27H34N4O4Si. The number of benzene rings is 2. The van der Waals surface area contributed by atoms with E-state index in [1.54, 1.807) is 7.11 Å². The maximum atomic E-state index is 13.6. The Labute approximate surface area is 212 Å². The predicted molar refractivity (Wildman–Crippen MR) is 140 cm³/mol. The van der Waals surface area contributed by atoms with Crippen molar-refractivity contribution < 1.29 is 19.4 Å². The number of methoxy groups -OCH3 is 1. The molecular weight excluding hydrogens is 472 g/mol. The summed E-state index contributed by atoms with van der Waals surface area (Å²) in [7, 11) is -0.460. The number of aliphatic hydroxyl groups is 1. The normalized spacial score (nSPS) is 25.2. The molecule has 1 saturated heterocycles. The summed E-state index contributed by atoms with van der Waals surface area (Å²) in [4.78, 5) is 13.6. The van der Waals surface area contributed by atoms with E-state index in [1.807, 2.05) is 47.3 Å². The molecule has 36 heavy (non-hydrogen) atoms. The Morgan fingerprint density at radius 1 is 1.19 bits per heavy atom. The number of fused-ring (bicyclic) bond motifs is 2. The third kappa shape index (κ3) is 3.95. The van der Waals surface area contributed by atoms with E-state index in [-0.39, 0.29) is 30.1 Å². The van der Waals surface area contributed by atoms with E-state index < -0.39 is 13.7 Å². The van der Waals surface area contributed by atoms with Gasteiger partial charge in [-0.05, 0) is 30.2 Å². The van der Waals surface area contributed by atoms with E-state index in [1.165, 1.54) is 5.19 Å². The Morgan fingerprint density at radius 3 is 2.67 bits per heavy atom. The molecule has 2 aliphatic heterocycles. The summed E-state index contributed by atoms with van der Waals surface area (Å²) < 4.78 is 14.1. The molecule has 0 bridgehead atoms. The van der Waals surface area contributed by atoms with Crippen LogP contribution in [0.5, 0.6) is 5.75 Å². The summed E-state index contributed by atoms with van der Waals surface area (Å²) in [5.74, 6) is 0.742. The van der Waals surface area contributed by atoms with Gasteiger partial charge in [0.1, 0.15) is 5.75 Å². The van der Waals surface area contributed by atoms with Gasteiger partial charge in [0.15, 0.2) is 5.60 Å². The summed E-state index contributed by atoms with van der Waals surface area (Å²) in [5.41, 5.74) is 1.71. The highest BCUT2D eigenvalue weighted by Gasteiger charge is 2.64. The lowest BCUT2D eigenvalue weighted by Crippen LogP contribution is -2.51. The number of aryl methyl sites for hydroxylation is 1. The number of hydrogen-bond donors (Lipinski definition) is 2. The molecule has 2 aliphatic rings. The topological polar surface area (TPSA) is 98.5 Å². The molecule has 0 radical (unpaired) electrons. The fraction of sp³-hybridized carbons (Fsp3) is 0.444. The van der Waals surface area contributed by atoms with Gasteiger partial charge in [-0.2, -0.15) is 0 Å². The first kappa shape index (κ1) is 24.7. The van der Waals surface area contributed by atoms with Crippen molar-refractivity contribution in [3.05, 3.63) is 66.0 Å². The van der Waals surface area contributed by atoms with Crippen LogP contribution in [0.25, 0.3) is 0 Å². The van der Waals surface area contributed by atoms with Crippen molar-refractivity contribution in [1.82, 2.24) is 15.0 Å². The van der Waals surface area contributed by atoms with Gasteiger partial charge in [0.05, 0.1) is 27.0 Å². The average molecular weight is 507 g/mol. The lowest BCUT2D eigenvalue weighted by molar-refractivity contribution is -0.143. The highest BCUT2D eigenvalue weighted by Crippen LogP contribution is 2.58. The summed E-state index contributed by atoms with van der Waals surface area (Å²) in [5, 5.41) is 22.0. The van der Waals surface area contributed by atoms with E-state index in [9.17, 15) is 9.90 Å². The minimum Gasteiger partial charge on any atom is -0.497 e. The minimum absolute atomic E-state index is 0.0179. The number of rotatable bonds is 8. The first-order valence-electron chi connectivity index (χ1n) is 12.5. The van der Waals surface area contributed by atoms with Crippen molar-refractivity contribution in [2.24, 2.45) is 5.92 Å². The number of hydrogen-bond acceptors (Lipinski definition) is 6. The number of ether oxygens (including phenoxy) is 2. The van der Waals surface area contributed by atoms with Gasteiger partial charge in [-0.15, -0.1) is 5.10 Å². The maximum absolute atomic E-state index is 13.6. The molecule has 1 amide bonds. The summed E-state index contributed by atoms with van der Waals surface area (Å²) in [6, 6.07) is 16.3. The fourth-order valence-electron chi connectivity index (χ4n) is 6.29. The second kappa shape index (κ2) is 9.46.